The van der Waals surface area contributed by atoms with E-state index in [2.05, 4.69) is 45.0 Å². The summed E-state index contributed by atoms with van der Waals surface area (Å²) in [6.07, 6.45) is 0.810. The van der Waals surface area contributed by atoms with Crippen LogP contribution in [0.4, 0.5) is 0 Å². The topological polar surface area (TPSA) is 47.6 Å². The lowest BCUT2D eigenvalue weighted by Gasteiger charge is -2.20. The average molecular weight is 212 g/mol. The minimum Gasteiger partial charge on any atom is -0.198 e. The Morgan fingerprint density at radius 3 is 1.69 bits per heavy atom. The van der Waals surface area contributed by atoms with E-state index in [1.807, 2.05) is 6.07 Å². The number of nitriles is 2. The van der Waals surface area contributed by atoms with Gasteiger partial charge in [-0.3, -0.25) is 0 Å². The maximum Gasteiger partial charge on any atom is 0.0669 e. The molecular formula is C14H16N2. The van der Waals surface area contributed by atoms with Crippen molar-refractivity contribution in [3.8, 4) is 12.1 Å². The first-order valence-corrected chi connectivity index (χ1v) is 5.34. The van der Waals surface area contributed by atoms with Gasteiger partial charge in [-0.1, -0.05) is 39.0 Å². The fourth-order valence-electron chi connectivity index (χ4n) is 1.58. The van der Waals surface area contributed by atoms with Gasteiger partial charge in [0.25, 0.3) is 0 Å². The Morgan fingerprint density at radius 1 is 0.938 bits per heavy atom. The SMILES string of the molecule is CC(C)(C)c1cc(CC#N)cc(CC#N)c1. The number of rotatable bonds is 2. The second-order valence-corrected chi connectivity index (χ2v) is 4.96. The summed E-state index contributed by atoms with van der Waals surface area (Å²) in [6.45, 7) is 6.40. The monoisotopic (exact) mass is 212 g/mol. The van der Waals surface area contributed by atoms with E-state index in [0.717, 1.165) is 11.1 Å². The zero-order valence-corrected chi connectivity index (χ0v) is 10.0. The fourth-order valence-corrected chi connectivity index (χ4v) is 1.58. The molecule has 0 fully saturated rings. The molecule has 0 spiro atoms. The zero-order chi connectivity index (χ0) is 12.2. The van der Waals surface area contributed by atoms with Gasteiger partial charge in [0.2, 0.25) is 0 Å². The summed E-state index contributed by atoms with van der Waals surface area (Å²) in [7, 11) is 0. The molecule has 1 aromatic rings. The van der Waals surface area contributed by atoms with Gasteiger partial charge in [-0.25, -0.2) is 0 Å². The van der Waals surface area contributed by atoms with Crippen molar-refractivity contribution in [2.45, 2.75) is 39.0 Å². The van der Waals surface area contributed by atoms with Crippen molar-refractivity contribution in [2.24, 2.45) is 0 Å². The largest absolute Gasteiger partial charge is 0.198 e. The maximum absolute atomic E-state index is 8.72. The summed E-state index contributed by atoms with van der Waals surface area (Å²) in [5.74, 6) is 0. The van der Waals surface area contributed by atoms with Gasteiger partial charge in [0.1, 0.15) is 0 Å². The van der Waals surface area contributed by atoms with Crippen LogP contribution in [0.2, 0.25) is 0 Å². The number of benzene rings is 1. The normalized spacial score (nSPS) is 10.6. The van der Waals surface area contributed by atoms with Crippen LogP contribution >= 0.6 is 0 Å². The molecular weight excluding hydrogens is 196 g/mol. The Kier molecular flexibility index (Phi) is 3.69. The Morgan fingerprint density at radius 2 is 1.38 bits per heavy atom. The summed E-state index contributed by atoms with van der Waals surface area (Å²) in [5, 5.41) is 17.4. The molecule has 0 saturated heterocycles. The standard InChI is InChI=1S/C14H16N2/c1-14(2,3)13-9-11(4-6-15)8-12(10-13)5-7-16/h8-10H,4-5H2,1-3H3. The van der Waals surface area contributed by atoms with Crippen LogP contribution in [0.25, 0.3) is 0 Å². The highest BCUT2D eigenvalue weighted by Gasteiger charge is 2.15. The van der Waals surface area contributed by atoms with Gasteiger partial charge in [0, 0.05) is 0 Å². The third kappa shape index (κ3) is 3.11. The van der Waals surface area contributed by atoms with E-state index in [0.29, 0.717) is 12.8 Å². The first kappa shape index (κ1) is 12.3. The van der Waals surface area contributed by atoms with Gasteiger partial charge < -0.3 is 0 Å². The van der Waals surface area contributed by atoms with Crippen LogP contribution in [-0.4, -0.2) is 0 Å². The molecule has 0 aliphatic heterocycles. The van der Waals surface area contributed by atoms with Crippen LogP contribution in [0.3, 0.4) is 0 Å². The van der Waals surface area contributed by atoms with E-state index < -0.39 is 0 Å². The Balaban J connectivity index is 3.21. The lowest BCUT2D eigenvalue weighted by molar-refractivity contribution is 0.589. The maximum atomic E-state index is 8.72. The molecule has 1 aromatic carbocycles. The number of hydrogen-bond acceptors (Lipinski definition) is 2. The molecule has 0 radical (unpaired) electrons. The molecule has 16 heavy (non-hydrogen) atoms. The minimum atomic E-state index is 0.0513. The van der Waals surface area contributed by atoms with Crippen molar-refractivity contribution < 1.29 is 0 Å². The van der Waals surface area contributed by atoms with Gasteiger partial charge in [-0.15, -0.1) is 0 Å². The molecule has 0 bridgehead atoms. The van der Waals surface area contributed by atoms with Crippen molar-refractivity contribution >= 4 is 0 Å². The molecule has 0 unspecified atom stereocenters. The molecule has 0 aliphatic rings. The molecule has 0 saturated carbocycles. The number of hydrogen-bond donors (Lipinski definition) is 0. The molecule has 0 aromatic heterocycles. The average Bonchev–Trinajstić information content (AvgIpc) is 2.17. The van der Waals surface area contributed by atoms with Gasteiger partial charge in [0.15, 0.2) is 0 Å². The Hall–Kier alpha value is -1.80. The van der Waals surface area contributed by atoms with E-state index >= 15 is 0 Å². The summed E-state index contributed by atoms with van der Waals surface area (Å²) >= 11 is 0. The molecule has 0 N–H and O–H groups in total. The third-order valence-corrected chi connectivity index (χ3v) is 2.48. The Bertz CT molecular complexity index is 419. The van der Waals surface area contributed by atoms with Crippen LogP contribution in [-0.2, 0) is 18.3 Å². The van der Waals surface area contributed by atoms with E-state index in [-0.39, 0.29) is 5.41 Å². The van der Waals surface area contributed by atoms with E-state index in [1.54, 1.807) is 0 Å². The van der Waals surface area contributed by atoms with Crippen molar-refractivity contribution in [1.82, 2.24) is 0 Å². The van der Waals surface area contributed by atoms with Crippen LogP contribution in [0.1, 0.15) is 37.5 Å². The third-order valence-electron chi connectivity index (χ3n) is 2.48. The Labute approximate surface area is 97.1 Å². The summed E-state index contributed by atoms with van der Waals surface area (Å²) < 4.78 is 0. The number of nitrogens with zero attached hydrogens (tertiary/aromatic N) is 2. The van der Waals surface area contributed by atoms with Gasteiger partial charge >= 0.3 is 0 Å². The second-order valence-electron chi connectivity index (χ2n) is 4.96. The molecule has 1 rings (SSSR count). The quantitative estimate of drug-likeness (QED) is 0.756. The highest BCUT2D eigenvalue weighted by molar-refractivity contribution is 5.36. The predicted octanol–water partition coefficient (Wildman–Crippen LogP) is 3.12. The first-order valence-electron chi connectivity index (χ1n) is 5.34. The van der Waals surface area contributed by atoms with Crippen molar-refractivity contribution in [2.75, 3.05) is 0 Å². The van der Waals surface area contributed by atoms with E-state index in [9.17, 15) is 0 Å². The highest BCUT2D eigenvalue weighted by Crippen LogP contribution is 2.25. The fraction of sp³-hybridized carbons (Fsp3) is 0.429. The van der Waals surface area contributed by atoms with Crippen LogP contribution in [0, 0.1) is 22.7 Å². The highest BCUT2D eigenvalue weighted by atomic mass is 14.3. The lowest BCUT2D eigenvalue weighted by atomic mass is 9.84. The molecule has 0 amide bonds. The van der Waals surface area contributed by atoms with Gasteiger partial charge in [0.05, 0.1) is 25.0 Å². The van der Waals surface area contributed by atoms with Crippen LogP contribution in [0.15, 0.2) is 18.2 Å². The van der Waals surface area contributed by atoms with Crippen molar-refractivity contribution in [1.29, 1.82) is 10.5 Å². The summed E-state index contributed by atoms with van der Waals surface area (Å²) in [4.78, 5) is 0. The van der Waals surface area contributed by atoms with Crippen molar-refractivity contribution in [3.63, 3.8) is 0 Å². The van der Waals surface area contributed by atoms with Gasteiger partial charge in [-0.2, -0.15) is 10.5 Å². The molecule has 0 aliphatic carbocycles. The smallest absolute Gasteiger partial charge is 0.0669 e. The predicted molar refractivity (Wildman–Crippen MR) is 63.8 cm³/mol. The van der Waals surface area contributed by atoms with E-state index in [1.165, 1.54) is 5.56 Å². The van der Waals surface area contributed by atoms with Crippen LogP contribution in [0.5, 0.6) is 0 Å². The van der Waals surface area contributed by atoms with Gasteiger partial charge in [-0.05, 0) is 22.1 Å². The lowest BCUT2D eigenvalue weighted by Crippen LogP contribution is -2.12. The molecule has 82 valence electrons. The molecule has 0 atom stereocenters. The summed E-state index contributed by atoms with van der Waals surface area (Å²) in [5.41, 5.74) is 3.24. The molecule has 0 heterocycles. The van der Waals surface area contributed by atoms with Crippen LogP contribution < -0.4 is 0 Å². The first-order chi connectivity index (χ1) is 7.47. The second kappa shape index (κ2) is 4.81. The molecule has 2 heteroatoms. The zero-order valence-electron chi connectivity index (χ0n) is 10.0. The molecule has 2 nitrogen and oxygen atoms in total. The van der Waals surface area contributed by atoms with Crippen molar-refractivity contribution in [3.05, 3.63) is 34.9 Å². The minimum absolute atomic E-state index is 0.0513. The summed E-state index contributed by atoms with van der Waals surface area (Å²) in [6, 6.07) is 10.4. The van der Waals surface area contributed by atoms with E-state index in [4.69, 9.17) is 10.5 Å².